The van der Waals surface area contributed by atoms with Crippen molar-refractivity contribution in [1.29, 1.82) is 0 Å². The standard InChI is InChI=1S/C13H16BrN3/c1-9-4-5-10(14)6-11(9)12-7-16-17(3)13(12)8-15-2/h4-7,15H,8H2,1-3H3. The molecule has 1 heterocycles. The third-order valence-electron chi connectivity index (χ3n) is 2.90. The van der Waals surface area contributed by atoms with Crippen molar-refractivity contribution in [3.05, 3.63) is 40.1 Å². The summed E-state index contributed by atoms with van der Waals surface area (Å²) in [6, 6.07) is 6.33. The van der Waals surface area contributed by atoms with Crippen LogP contribution in [0, 0.1) is 6.92 Å². The molecule has 0 aliphatic carbocycles. The fourth-order valence-corrected chi connectivity index (χ4v) is 2.31. The van der Waals surface area contributed by atoms with E-state index in [4.69, 9.17) is 0 Å². The summed E-state index contributed by atoms with van der Waals surface area (Å²) in [5.74, 6) is 0. The minimum Gasteiger partial charge on any atom is -0.314 e. The number of aryl methyl sites for hydroxylation is 2. The largest absolute Gasteiger partial charge is 0.314 e. The van der Waals surface area contributed by atoms with E-state index in [9.17, 15) is 0 Å². The highest BCUT2D eigenvalue weighted by Gasteiger charge is 2.12. The first-order valence-electron chi connectivity index (χ1n) is 5.55. The lowest BCUT2D eigenvalue weighted by molar-refractivity contribution is 0.673. The molecule has 0 spiro atoms. The number of benzene rings is 1. The number of nitrogens with zero attached hydrogens (tertiary/aromatic N) is 2. The number of aromatic nitrogens is 2. The molecule has 0 atom stereocenters. The van der Waals surface area contributed by atoms with Gasteiger partial charge in [-0.2, -0.15) is 5.10 Å². The summed E-state index contributed by atoms with van der Waals surface area (Å²) in [5.41, 5.74) is 4.89. The summed E-state index contributed by atoms with van der Waals surface area (Å²) in [6.07, 6.45) is 1.93. The van der Waals surface area contributed by atoms with E-state index in [1.807, 2.05) is 25.0 Å². The number of hydrogen-bond acceptors (Lipinski definition) is 2. The van der Waals surface area contributed by atoms with Crippen molar-refractivity contribution < 1.29 is 0 Å². The predicted molar refractivity (Wildman–Crippen MR) is 73.8 cm³/mol. The third-order valence-corrected chi connectivity index (χ3v) is 3.39. The Balaban J connectivity index is 2.56. The summed E-state index contributed by atoms with van der Waals surface area (Å²) < 4.78 is 3.02. The number of halogens is 1. The molecule has 2 aromatic rings. The Morgan fingerprint density at radius 1 is 1.35 bits per heavy atom. The number of rotatable bonds is 3. The molecule has 1 aromatic carbocycles. The van der Waals surface area contributed by atoms with E-state index in [1.165, 1.54) is 22.4 Å². The molecular weight excluding hydrogens is 278 g/mol. The molecule has 4 heteroatoms. The van der Waals surface area contributed by atoms with Crippen molar-refractivity contribution in [1.82, 2.24) is 15.1 Å². The van der Waals surface area contributed by atoms with Crippen molar-refractivity contribution in [2.75, 3.05) is 7.05 Å². The van der Waals surface area contributed by atoms with Gasteiger partial charge in [0, 0.05) is 23.6 Å². The van der Waals surface area contributed by atoms with Crippen molar-refractivity contribution in [3.63, 3.8) is 0 Å². The van der Waals surface area contributed by atoms with Gasteiger partial charge in [-0.1, -0.05) is 22.0 Å². The second kappa shape index (κ2) is 5.02. The fraction of sp³-hybridized carbons (Fsp3) is 0.308. The fourth-order valence-electron chi connectivity index (χ4n) is 1.95. The minimum atomic E-state index is 0.817. The molecule has 3 nitrogen and oxygen atoms in total. The van der Waals surface area contributed by atoms with Crippen LogP contribution in [0.4, 0.5) is 0 Å². The van der Waals surface area contributed by atoms with Gasteiger partial charge in [0.2, 0.25) is 0 Å². The first-order chi connectivity index (χ1) is 8.13. The van der Waals surface area contributed by atoms with Crippen LogP contribution < -0.4 is 5.32 Å². The molecular formula is C13H16BrN3. The average Bonchev–Trinajstić information content (AvgIpc) is 2.65. The Bertz CT molecular complexity index is 531. The molecule has 2 rings (SSSR count). The molecule has 0 amide bonds. The molecule has 1 N–H and O–H groups in total. The topological polar surface area (TPSA) is 29.9 Å². The van der Waals surface area contributed by atoms with E-state index < -0.39 is 0 Å². The van der Waals surface area contributed by atoms with E-state index in [0.29, 0.717) is 0 Å². The van der Waals surface area contributed by atoms with Gasteiger partial charge in [-0.3, -0.25) is 4.68 Å². The lowest BCUT2D eigenvalue weighted by atomic mass is 10.0. The van der Waals surface area contributed by atoms with Crippen LogP contribution >= 0.6 is 15.9 Å². The summed E-state index contributed by atoms with van der Waals surface area (Å²) in [4.78, 5) is 0. The first kappa shape index (κ1) is 12.3. The van der Waals surface area contributed by atoms with Crippen LogP contribution in [0.3, 0.4) is 0 Å². The summed E-state index contributed by atoms with van der Waals surface area (Å²) in [5, 5.41) is 7.53. The second-order valence-electron chi connectivity index (χ2n) is 4.12. The third kappa shape index (κ3) is 2.42. The number of hydrogen-bond donors (Lipinski definition) is 1. The smallest absolute Gasteiger partial charge is 0.0597 e. The van der Waals surface area contributed by atoms with Crippen LogP contribution in [-0.2, 0) is 13.6 Å². The van der Waals surface area contributed by atoms with E-state index in [2.05, 4.69) is 51.5 Å². The maximum Gasteiger partial charge on any atom is 0.0597 e. The van der Waals surface area contributed by atoms with Gasteiger partial charge in [-0.05, 0) is 37.2 Å². The van der Waals surface area contributed by atoms with Crippen LogP contribution in [0.1, 0.15) is 11.3 Å². The zero-order valence-corrected chi connectivity index (χ0v) is 11.9. The highest BCUT2D eigenvalue weighted by atomic mass is 79.9. The first-order valence-corrected chi connectivity index (χ1v) is 6.34. The van der Waals surface area contributed by atoms with E-state index in [-0.39, 0.29) is 0 Å². The van der Waals surface area contributed by atoms with Gasteiger partial charge in [0.25, 0.3) is 0 Å². The summed E-state index contributed by atoms with van der Waals surface area (Å²) in [7, 11) is 3.92. The normalized spacial score (nSPS) is 10.8. The summed E-state index contributed by atoms with van der Waals surface area (Å²) >= 11 is 3.52. The minimum absolute atomic E-state index is 0.817. The Hall–Kier alpha value is -1.13. The Morgan fingerprint density at radius 2 is 2.12 bits per heavy atom. The second-order valence-corrected chi connectivity index (χ2v) is 5.03. The molecule has 0 bridgehead atoms. The van der Waals surface area contributed by atoms with Gasteiger partial charge >= 0.3 is 0 Å². The molecule has 0 radical (unpaired) electrons. The van der Waals surface area contributed by atoms with E-state index in [1.54, 1.807) is 0 Å². The zero-order chi connectivity index (χ0) is 12.4. The highest BCUT2D eigenvalue weighted by Crippen LogP contribution is 2.29. The van der Waals surface area contributed by atoms with Gasteiger partial charge in [0.05, 0.1) is 11.9 Å². The van der Waals surface area contributed by atoms with Crippen LogP contribution in [0.15, 0.2) is 28.9 Å². The molecule has 0 aliphatic rings. The van der Waals surface area contributed by atoms with Gasteiger partial charge in [-0.15, -0.1) is 0 Å². The quantitative estimate of drug-likeness (QED) is 0.943. The maximum absolute atomic E-state index is 4.34. The monoisotopic (exact) mass is 293 g/mol. The van der Waals surface area contributed by atoms with Crippen molar-refractivity contribution >= 4 is 15.9 Å². The van der Waals surface area contributed by atoms with E-state index >= 15 is 0 Å². The maximum atomic E-state index is 4.34. The molecule has 0 saturated heterocycles. The lowest BCUT2D eigenvalue weighted by Gasteiger charge is -2.08. The lowest BCUT2D eigenvalue weighted by Crippen LogP contribution is -2.10. The number of nitrogens with one attached hydrogen (secondary N) is 1. The van der Waals surface area contributed by atoms with Crippen LogP contribution in [0.5, 0.6) is 0 Å². The molecule has 0 aliphatic heterocycles. The summed E-state index contributed by atoms with van der Waals surface area (Å²) in [6.45, 7) is 2.94. The van der Waals surface area contributed by atoms with Crippen molar-refractivity contribution in [3.8, 4) is 11.1 Å². The molecule has 0 fully saturated rings. The van der Waals surface area contributed by atoms with Crippen LogP contribution in [0.25, 0.3) is 11.1 Å². The van der Waals surface area contributed by atoms with Crippen molar-refractivity contribution in [2.24, 2.45) is 7.05 Å². The van der Waals surface area contributed by atoms with Crippen LogP contribution in [-0.4, -0.2) is 16.8 Å². The Morgan fingerprint density at radius 3 is 2.82 bits per heavy atom. The molecule has 17 heavy (non-hydrogen) atoms. The van der Waals surface area contributed by atoms with Gasteiger partial charge in [-0.25, -0.2) is 0 Å². The molecule has 0 unspecified atom stereocenters. The van der Waals surface area contributed by atoms with Gasteiger partial charge < -0.3 is 5.32 Å². The predicted octanol–water partition coefficient (Wildman–Crippen LogP) is 2.88. The molecule has 1 aromatic heterocycles. The Labute approximate surface area is 110 Å². The molecule has 90 valence electrons. The Kier molecular flexibility index (Phi) is 3.64. The molecule has 0 saturated carbocycles. The average molecular weight is 294 g/mol. The van der Waals surface area contributed by atoms with Gasteiger partial charge in [0.1, 0.15) is 0 Å². The van der Waals surface area contributed by atoms with Gasteiger partial charge in [0.15, 0.2) is 0 Å². The SMILES string of the molecule is CNCc1c(-c2cc(Br)ccc2C)cnn1C. The van der Waals surface area contributed by atoms with Crippen molar-refractivity contribution in [2.45, 2.75) is 13.5 Å². The zero-order valence-electron chi connectivity index (χ0n) is 10.3. The van der Waals surface area contributed by atoms with E-state index in [0.717, 1.165) is 11.0 Å². The highest BCUT2D eigenvalue weighted by molar-refractivity contribution is 9.10. The van der Waals surface area contributed by atoms with Crippen LogP contribution in [0.2, 0.25) is 0 Å².